The summed E-state index contributed by atoms with van der Waals surface area (Å²) in [7, 11) is 1.61. The van der Waals surface area contributed by atoms with Gasteiger partial charge in [-0.05, 0) is 42.3 Å². The molecule has 5 nitrogen and oxygen atoms in total. The van der Waals surface area contributed by atoms with Crippen molar-refractivity contribution in [1.29, 1.82) is 5.26 Å². The predicted octanol–water partition coefficient (Wildman–Crippen LogP) is 4.67. The van der Waals surface area contributed by atoms with Crippen molar-refractivity contribution < 1.29 is 9.47 Å². The SMILES string of the molecule is CCCOc1ccc(-c2cc(-c3ccccc3OC)nc(N)c2C#N)cc1. The van der Waals surface area contributed by atoms with E-state index in [0.717, 1.165) is 28.9 Å². The molecule has 0 saturated heterocycles. The molecule has 27 heavy (non-hydrogen) atoms. The highest BCUT2D eigenvalue weighted by Gasteiger charge is 2.15. The van der Waals surface area contributed by atoms with Crippen LogP contribution in [0.25, 0.3) is 22.4 Å². The van der Waals surface area contributed by atoms with Gasteiger partial charge in [-0.3, -0.25) is 0 Å². The number of hydrogen-bond donors (Lipinski definition) is 1. The third kappa shape index (κ3) is 3.85. The van der Waals surface area contributed by atoms with Gasteiger partial charge in [0.05, 0.1) is 19.4 Å². The van der Waals surface area contributed by atoms with E-state index < -0.39 is 0 Å². The molecule has 1 aromatic heterocycles. The van der Waals surface area contributed by atoms with E-state index in [0.29, 0.717) is 23.6 Å². The van der Waals surface area contributed by atoms with E-state index in [4.69, 9.17) is 15.2 Å². The van der Waals surface area contributed by atoms with Crippen LogP contribution in [0.1, 0.15) is 18.9 Å². The van der Waals surface area contributed by atoms with Gasteiger partial charge in [-0.1, -0.05) is 31.2 Å². The minimum Gasteiger partial charge on any atom is -0.496 e. The topological polar surface area (TPSA) is 81.2 Å². The first-order valence-corrected chi connectivity index (χ1v) is 8.75. The van der Waals surface area contributed by atoms with Gasteiger partial charge in [-0.2, -0.15) is 5.26 Å². The number of methoxy groups -OCH3 is 1. The average molecular weight is 359 g/mol. The van der Waals surface area contributed by atoms with Crippen molar-refractivity contribution in [2.45, 2.75) is 13.3 Å². The first kappa shape index (κ1) is 18.3. The van der Waals surface area contributed by atoms with Gasteiger partial charge in [0, 0.05) is 11.1 Å². The minimum absolute atomic E-state index is 0.196. The van der Waals surface area contributed by atoms with Gasteiger partial charge in [0.1, 0.15) is 28.9 Å². The van der Waals surface area contributed by atoms with E-state index in [1.54, 1.807) is 7.11 Å². The van der Waals surface area contributed by atoms with Crippen LogP contribution in [0, 0.1) is 11.3 Å². The number of hydrogen-bond acceptors (Lipinski definition) is 5. The molecule has 2 aromatic carbocycles. The van der Waals surface area contributed by atoms with Crippen molar-refractivity contribution in [2.75, 3.05) is 19.5 Å². The third-order valence-corrected chi connectivity index (χ3v) is 4.18. The van der Waals surface area contributed by atoms with Gasteiger partial charge in [0.2, 0.25) is 0 Å². The molecule has 2 N–H and O–H groups in total. The molecule has 3 aromatic rings. The second-order valence-electron chi connectivity index (χ2n) is 6.00. The lowest BCUT2D eigenvalue weighted by molar-refractivity contribution is 0.317. The van der Waals surface area contributed by atoms with Crippen molar-refractivity contribution in [3.8, 4) is 40.0 Å². The average Bonchev–Trinajstić information content (AvgIpc) is 2.72. The molecule has 0 fully saturated rings. The molecule has 0 unspecified atom stereocenters. The fourth-order valence-electron chi connectivity index (χ4n) is 2.85. The minimum atomic E-state index is 0.196. The monoisotopic (exact) mass is 359 g/mol. The number of ether oxygens (including phenoxy) is 2. The summed E-state index contributed by atoms with van der Waals surface area (Å²) < 4.78 is 11.1. The summed E-state index contributed by atoms with van der Waals surface area (Å²) in [5.74, 6) is 1.69. The first-order valence-electron chi connectivity index (χ1n) is 8.75. The summed E-state index contributed by atoms with van der Waals surface area (Å²) in [6, 6.07) is 19.3. The Bertz CT molecular complexity index is 976. The van der Waals surface area contributed by atoms with Gasteiger partial charge in [0.25, 0.3) is 0 Å². The fourth-order valence-corrected chi connectivity index (χ4v) is 2.85. The smallest absolute Gasteiger partial charge is 0.142 e. The molecular formula is C22H21N3O2. The number of nitrogens with zero attached hydrogens (tertiary/aromatic N) is 2. The molecule has 136 valence electrons. The highest BCUT2D eigenvalue weighted by atomic mass is 16.5. The molecule has 0 bridgehead atoms. The zero-order valence-corrected chi connectivity index (χ0v) is 15.4. The highest BCUT2D eigenvalue weighted by molar-refractivity contribution is 5.81. The number of rotatable bonds is 6. The fraction of sp³-hybridized carbons (Fsp3) is 0.182. The van der Waals surface area contributed by atoms with Crippen LogP contribution < -0.4 is 15.2 Å². The Hall–Kier alpha value is -3.52. The quantitative estimate of drug-likeness (QED) is 0.692. The van der Waals surface area contributed by atoms with Crippen LogP contribution in [0.5, 0.6) is 11.5 Å². The molecule has 0 saturated carbocycles. The molecule has 3 rings (SSSR count). The molecule has 0 aliphatic carbocycles. The van der Waals surface area contributed by atoms with Gasteiger partial charge in [-0.25, -0.2) is 4.98 Å². The number of nitriles is 1. The summed E-state index contributed by atoms with van der Waals surface area (Å²) in [6.45, 7) is 2.73. The molecule has 0 spiro atoms. The molecule has 0 atom stereocenters. The predicted molar refractivity (Wildman–Crippen MR) is 107 cm³/mol. The second-order valence-corrected chi connectivity index (χ2v) is 6.00. The Kier molecular flexibility index (Phi) is 5.58. The van der Waals surface area contributed by atoms with Crippen molar-refractivity contribution in [3.05, 3.63) is 60.2 Å². The lowest BCUT2D eigenvalue weighted by Gasteiger charge is -2.13. The van der Waals surface area contributed by atoms with Crippen LogP contribution in [0.2, 0.25) is 0 Å². The largest absolute Gasteiger partial charge is 0.496 e. The van der Waals surface area contributed by atoms with Gasteiger partial charge in [0.15, 0.2) is 0 Å². The van der Waals surface area contributed by atoms with Crippen LogP contribution in [0.3, 0.4) is 0 Å². The van der Waals surface area contributed by atoms with Gasteiger partial charge >= 0.3 is 0 Å². The van der Waals surface area contributed by atoms with Crippen LogP contribution in [0.4, 0.5) is 5.82 Å². The zero-order valence-electron chi connectivity index (χ0n) is 15.4. The Morgan fingerprint density at radius 1 is 1.07 bits per heavy atom. The maximum Gasteiger partial charge on any atom is 0.142 e. The number of benzene rings is 2. The van der Waals surface area contributed by atoms with Crippen LogP contribution in [-0.2, 0) is 0 Å². The number of nitrogens with two attached hydrogens (primary N) is 1. The highest BCUT2D eigenvalue weighted by Crippen LogP contribution is 2.35. The van der Waals surface area contributed by atoms with E-state index in [-0.39, 0.29) is 5.82 Å². The third-order valence-electron chi connectivity index (χ3n) is 4.18. The summed E-state index contributed by atoms with van der Waals surface area (Å²) in [4.78, 5) is 4.42. The summed E-state index contributed by atoms with van der Waals surface area (Å²) in [6.07, 6.45) is 0.948. The summed E-state index contributed by atoms with van der Waals surface area (Å²) >= 11 is 0. The molecular weight excluding hydrogens is 338 g/mol. The lowest BCUT2D eigenvalue weighted by Crippen LogP contribution is -2.00. The molecule has 5 heteroatoms. The second kappa shape index (κ2) is 8.24. The lowest BCUT2D eigenvalue weighted by atomic mass is 9.98. The number of anilines is 1. The van der Waals surface area contributed by atoms with Crippen LogP contribution in [-0.4, -0.2) is 18.7 Å². The molecule has 0 amide bonds. The number of para-hydroxylation sites is 1. The van der Waals surface area contributed by atoms with E-state index in [1.807, 2.05) is 54.6 Å². The number of nitrogen functional groups attached to an aromatic ring is 1. The molecule has 0 radical (unpaired) electrons. The van der Waals surface area contributed by atoms with E-state index in [1.165, 1.54) is 0 Å². The zero-order chi connectivity index (χ0) is 19.2. The van der Waals surface area contributed by atoms with Gasteiger partial charge < -0.3 is 15.2 Å². The first-order chi connectivity index (χ1) is 13.2. The Labute approximate surface area is 159 Å². The Morgan fingerprint density at radius 2 is 1.81 bits per heavy atom. The molecule has 1 heterocycles. The maximum absolute atomic E-state index is 9.57. The van der Waals surface area contributed by atoms with Crippen molar-refractivity contribution in [3.63, 3.8) is 0 Å². The summed E-state index contributed by atoms with van der Waals surface area (Å²) in [5, 5.41) is 9.57. The standard InChI is InChI=1S/C22H21N3O2/c1-3-12-27-16-10-8-15(9-11-16)18-13-20(25-22(24)19(18)14-23)17-6-4-5-7-21(17)26-2/h4-11,13H,3,12H2,1-2H3,(H2,24,25). The van der Waals surface area contributed by atoms with Gasteiger partial charge in [-0.15, -0.1) is 0 Å². The van der Waals surface area contributed by atoms with E-state index in [9.17, 15) is 5.26 Å². The molecule has 0 aliphatic heterocycles. The van der Waals surface area contributed by atoms with Crippen LogP contribution >= 0.6 is 0 Å². The van der Waals surface area contributed by atoms with E-state index in [2.05, 4.69) is 18.0 Å². The van der Waals surface area contributed by atoms with Crippen molar-refractivity contribution >= 4 is 5.82 Å². The molecule has 0 aliphatic rings. The van der Waals surface area contributed by atoms with E-state index >= 15 is 0 Å². The summed E-state index contributed by atoms with van der Waals surface area (Å²) in [5.41, 5.74) is 9.54. The number of aromatic nitrogens is 1. The van der Waals surface area contributed by atoms with Crippen molar-refractivity contribution in [1.82, 2.24) is 4.98 Å². The van der Waals surface area contributed by atoms with Crippen LogP contribution in [0.15, 0.2) is 54.6 Å². The Balaban J connectivity index is 2.09. The normalized spacial score (nSPS) is 10.3. The maximum atomic E-state index is 9.57. The van der Waals surface area contributed by atoms with Crippen molar-refractivity contribution in [2.24, 2.45) is 0 Å². The Morgan fingerprint density at radius 3 is 2.48 bits per heavy atom. The number of pyridine rings is 1.